The fourth-order valence-electron chi connectivity index (χ4n) is 3.40. The molecule has 4 N–H and O–H groups in total. The van der Waals surface area contributed by atoms with E-state index >= 15 is 0 Å². The minimum atomic E-state index is -0.775. The third-order valence-corrected chi connectivity index (χ3v) is 4.36. The van der Waals surface area contributed by atoms with E-state index in [4.69, 9.17) is 5.73 Å². The Balaban J connectivity index is 2.27. The SMILES string of the molecule is CC(C)(O)C1CCCc2c1[nH]c1c(C(N)=O)cccc21. The van der Waals surface area contributed by atoms with Gasteiger partial charge < -0.3 is 15.8 Å². The third-order valence-electron chi connectivity index (χ3n) is 4.36. The normalized spacial score (nSPS) is 19.1. The summed E-state index contributed by atoms with van der Waals surface area (Å²) in [7, 11) is 0. The number of fused-ring (bicyclic) bond motifs is 3. The summed E-state index contributed by atoms with van der Waals surface area (Å²) in [6, 6.07) is 5.62. The van der Waals surface area contributed by atoms with Gasteiger partial charge in [-0.05, 0) is 44.7 Å². The van der Waals surface area contributed by atoms with E-state index in [2.05, 4.69) is 4.98 Å². The highest BCUT2D eigenvalue weighted by Crippen LogP contribution is 2.41. The number of hydrogen-bond donors (Lipinski definition) is 3. The van der Waals surface area contributed by atoms with Crippen molar-refractivity contribution in [2.45, 2.75) is 44.6 Å². The Morgan fingerprint density at radius 1 is 1.45 bits per heavy atom. The zero-order valence-corrected chi connectivity index (χ0v) is 11.9. The van der Waals surface area contributed by atoms with Gasteiger partial charge in [0.15, 0.2) is 0 Å². The first-order valence-electron chi connectivity index (χ1n) is 7.05. The Hall–Kier alpha value is -1.81. The van der Waals surface area contributed by atoms with Crippen molar-refractivity contribution in [1.29, 1.82) is 0 Å². The summed E-state index contributed by atoms with van der Waals surface area (Å²) in [5, 5.41) is 11.4. The van der Waals surface area contributed by atoms with Gasteiger partial charge in [-0.3, -0.25) is 4.79 Å². The van der Waals surface area contributed by atoms with Crippen LogP contribution in [0.3, 0.4) is 0 Å². The summed E-state index contributed by atoms with van der Waals surface area (Å²) in [4.78, 5) is 14.9. The molecule has 0 saturated heterocycles. The van der Waals surface area contributed by atoms with E-state index in [9.17, 15) is 9.90 Å². The Morgan fingerprint density at radius 3 is 2.85 bits per heavy atom. The van der Waals surface area contributed by atoms with Crippen LogP contribution >= 0.6 is 0 Å². The number of aryl methyl sites for hydroxylation is 1. The van der Waals surface area contributed by atoms with Gasteiger partial charge >= 0.3 is 0 Å². The van der Waals surface area contributed by atoms with E-state index in [0.29, 0.717) is 5.56 Å². The molecule has 1 aromatic heterocycles. The third kappa shape index (κ3) is 1.91. The summed E-state index contributed by atoms with van der Waals surface area (Å²) in [5.74, 6) is -0.353. The summed E-state index contributed by atoms with van der Waals surface area (Å²) in [6.07, 6.45) is 2.98. The van der Waals surface area contributed by atoms with E-state index in [1.165, 1.54) is 5.56 Å². The van der Waals surface area contributed by atoms with Crippen LogP contribution in [0.5, 0.6) is 0 Å². The number of aromatic nitrogens is 1. The van der Waals surface area contributed by atoms with Crippen molar-refractivity contribution < 1.29 is 9.90 Å². The van der Waals surface area contributed by atoms with Crippen LogP contribution in [0.15, 0.2) is 18.2 Å². The van der Waals surface area contributed by atoms with E-state index < -0.39 is 11.5 Å². The lowest BCUT2D eigenvalue weighted by atomic mass is 9.78. The largest absolute Gasteiger partial charge is 0.390 e. The Bertz CT molecular complexity index is 680. The number of amides is 1. The van der Waals surface area contributed by atoms with Gasteiger partial charge in [-0.1, -0.05) is 12.1 Å². The number of carbonyl (C=O) groups excluding carboxylic acids is 1. The topological polar surface area (TPSA) is 79.1 Å². The zero-order valence-electron chi connectivity index (χ0n) is 11.9. The van der Waals surface area contributed by atoms with Crippen LogP contribution in [0.2, 0.25) is 0 Å². The van der Waals surface area contributed by atoms with Crippen LogP contribution < -0.4 is 5.73 Å². The van der Waals surface area contributed by atoms with Crippen molar-refractivity contribution in [2.24, 2.45) is 5.73 Å². The Morgan fingerprint density at radius 2 is 2.20 bits per heavy atom. The van der Waals surface area contributed by atoms with Crippen LogP contribution in [-0.2, 0) is 6.42 Å². The molecular formula is C16H20N2O2. The number of hydrogen-bond acceptors (Lipinski definition) is 2. The molecule has 1 heterocycles. The van der Waals surface area contributed by atoms with Gasteiger partial charge in [0.1, 0.15) is 0 Å². The lowest BCUT2D eigenvalue weighted by molar-refractivity contribution is 0.0423. The van der Waals surface area contributed by atoms with Crippen molar-refractivity contribution in [3.8, 4) is 0 Å². The lowest BCUT2D eigenvalue weighted by Crippen LogP contribution is -2.31. The first kappa shape index (κ1) is 13.2. The van der Waals surface area contributed by atoms with Crippen molar-refractivity contribution in [3.63, 3.8) is 0 Å². The van der Waals surface area contributed by atoms with E-state index in [1.54, 1.807) is 6.07 Å². The maximum absolute atomic E-state index is 11.6. The number of nitrogens with two attached hydrogens (primary N) is 1. The van der Waals surface area contributed by atoms with E-state index in [1.807, 2.05) is 26.0 Å². The maximum Gasteiger partial charge on any atom is 0.250 e. The maximum atomic E-state index is 11.6. The molecule has 0 bridgehead atoms. The molecule has 106 valence electrons. The second-order valence-electron chi connectivity index (χ2n) is 6.21. The van der Waals surface area contributed by atoms with E-state index in [-0.39, 0.29) is 5.92 Å². The highest BCUT2D eigenvalue weighted by atomic mass is 16.3. The second kappa shape index (κ2) is 4.35. The molecule has 0 spiro atoms. The standard InChI is InChI=1S/C16H20N2O2/c1-16(2,20)12-8-4-6-10-9-5-3-7-11(15(17)19)13(9)18-14(10)12/h3,5,7,12,18,20H,4,6,8H2,1-2H3,(H2,17,19). The number of rotatable bonds is 2. The first-order valence-corrected chi connectivity index (χ1v) is 7.05. The van der Waals surface area contributed by atoms with Crippen LogP contribution in [-0.4, -0.2) is 21.6 Å². The fourth-order valence-corrected chi connectivity index (χ4v) is 3.40. The van der Waals surface area contributed by atoms with Crippen LogP contribution in [0, 0.1) is 0 Å². The number of nitrogens with one attached hydrogen (secondary N) is 1. The summed E-state index contributed by atoms with van der Waals surface area (Å²) in [6.45, 7) is 3.68. The number of aromatic amines is 1. The molecule has 3 rings (SSSR count). The predicted molar refractivity (Wildman–Crippen MR) is 78.8 cm³/mol. The van der Waals surface area contributed by atoms with Crippen molar-refractivity contribution in [2.75, 3.05) is 0 Å². The quantitative estimate of drug-likeness (QED) is 0.785. The van der Waals surface area contributed by atoms with Gasteiger partial charge in [0, 0.05) is 17.0 Å². The molecule has 4 nitrogen and oxygen atoms in total. The van der Waals surface area contributed by atoms with Crippen molar-refractivity contribution >= 4 is 16.8 Å². The molecule has 0 fully saturated rings. The molecule has 0 saturated carbocycles. The van der Waals surface area contributed by atoms with Gasteiger partial charge in [0.2, 0.25) is 0 Å². The Kier molecular flexibility index (Phi) is 2.87. The molecule has 0 aliphatic heterocycles. The van der Waals surface area contributed by atoms with Crippen LogP contribution in [0.25, 0.3) is 10.9 Å². The predicted octanol–water partition coefficient (Wildman–Crippen LogP) is 2.46. The molecular weight excluding hydrogens is 252 g/mol. The number of carbonyl (C=O) groups is 1. The summed E-state index contributed by atoms with van der Waals surface area (Å²) < 4.78 is 0. The molecule has 0 radical (unpaired) electrons. The zero-order chi connectivity index (χ0) is 14.5. The average molecular weight is 272 g/mol. The molecule has 1 aliphatic rings. The smallest absolute Gasteiger partial charge is 0.250 e. The minimum absolute atomic E-state index is 0.0689. The molecule has 20 heavy (non-hydrogen) atoms. The highest BCUT2D eigenvalue weighted by molar-refractivity contribution is 6.06. The van der Waals surface area contributed by atoms with Crippen molar-refractivity contribution in [3.05, 3.63) is 35.0 Å². The summed E-state index contributed by atoms with van der Waals surface area (Å²) >= 11 is 0. The molecule has 1 amide bonds. The van der Waals surface area contributed by atoms with Gasteiger partial charge in [0.25, 0.3) is 5.91 Å². The molecule has 1 unspecified atom stereocenters. The van der Waals surface area contributed by atoms with Gasteiger partial charge in [-0.2, -0.15) is 0 Å². The summed E-state index contributed by atoms with van der Waals surface area (Å²) in [5.41, 5.74) is 8.29. The first-order chi connectivity index (χ1) is 9.39. The molecule has 1 atom stereocenters. The van der Waals surface area contributed by atoms with Crippen LogP contribution in [0.1, 0.15) is 54.2 Å². The fraction of sp³-hybridized carbons (Fsp3) is 0.438. The Labute approximate surface area is 118 Å². The van der Waals surface area contributed by atoms with Gasteiger partial charge in [-0.15, -0.1) is 0 Å². The van der Waals surface area contributed by atoms with Gasteiger partial charge in [0.05, 0.1) is 16.7 Å². The molecule has 2 aromatic rings. The minimum Gasteiger partial charge on any atom is -0.390 e. The number of aliphatic hydroxyl groups is 1. The van der Waals surface area contributed by atoms with Crippen LogP contribution in [0.4, 0.5) is 0 Å². The second-order valence-corrected chi connectivity index (χ2v) is 6.21. The van der Waals surface area contributed by atoms with E-state index in [0.717, 1.165) is 35.9 Å². The number of H-pyrrole nitrogens is 1. The van der Waals surface area contributed by atoms with Gasteiger partial charge in [-0.25, -0.2) is 0 Å². The average Bonchev–Trinajstić information content (AvgIpc) is 2.75. The highest BCUT2D eigenvalue weighted by Gasteiger charge is 2.34. The lowest BCUT2D eigenvalue weighted by Gasteiger charge is -2.32. The number of benzene rings is 1. The van der Waals surface area contributed by atoms with Crippen molar-refractivity contribution in [1.82, 2.24) is 4.98 Å². The molecule has 1 aromatic carbocycles. The molecule has 4 heteroatoms. The number of para-hydroxylation sites is 1. The monoisotopic (exact) mass is 272 g/mol. The number of primary amides is 1. The molecule has 1 aliphatic carbocycles.